The van der Waals surface area contributed by atoms with Gasteiger partial charge in [-0.05, 0) is 36.4 Å². The number of benzene rings is 2. The van der Waals surface area contributed by atoms with Crippen LogP contribution in [0.15, 0.2) is 64.0 Å². The van der Waals surface area contributed by atoms with Crippen molar-refractivity contribution in [2.45, 2.75) is 4.90 Å². The van der Waals surface area contributed by atoms with Crippen molar-refractivity contribution in [3.63, 3.8) is 0 Å². The number of hydrogen-bond donors (Lipinski definition) is 1. The Morgan fingerprint density at radius 1 is 1.12 bits per heavy atom. The minimum atomic E-state index is -3.80. The number of halogens is 2. The maximum Gasteiger partial charge on any atom is 0.244 e. The molecule has 2 heterocycles. The van der Waals surface area contributed by atoms with Crippen LogP contribution in [-0.2, 0) is 10.0 Å². The fourth-order valence-electron chi connectivity index (χ4n) is 2.93. The molecule has 0 radical (unpaired) electrons. The lowest BCUT2D eigenvalue weighted by atomic mass is 10.2. The lowest BCUT2D eigenvalue weighted by Crippen LogP contribution is -2.28. The molecular formula is C20H17BrClN5O4S. The molecule has 0 spiro atoms. The number of methoxy groups -OCH3 is 1. The predicted octanol–water partition coefficient (Wildman–Crippen LogP) is 3.57. The number of nitrogens with one attached hydrogen (secondary N) is 1. The largest absolute Gasteiger partial charge is 0.495 e. The molecule has 12 heteroatoms. The molecule has 0 bridgehead atoms. The molecular weight excluding hydrogens is 522 g/mol. The summed E-state index contributed by atoms with van der Waals surface area (Å²) in [7, 11) is -2.39. The van der Waals surface area contributed by atoms with Gasteiger partial charge in [0.2, 0.25) is 15.9 Å². The summed E-state index contributed by atoms with van der Waals surface area (Å²) in [6.45, 7) is 0.0782. The first-order valence-electron chi connectivity index (χ1n) is 9.32. The van der Waals surface area contributed by atoms with Crippen LogP contribution in [0.25, 0.3) is 17.0 Å². The first kappa shape index (κ1) is 22.5. The molecule has 0 saturated carbocycles. The van der Waals surface area contributed by atoms with E-state index in [9.17, 15) is 8.42 Å². The maximum absolute atomic E-state index is 12.6. The molecule has 4 rings (SSSR count). The first-order chi connectivity index (χ1) is 15.4. The van der Waals surface area contributed by atoms with E-state index in [0.29, 0.717) is 26.5 Å². The Kier molecular flexibility index (Phi) is 6.60. The monoisotopic (exact) mass is 537 g/mol. The molecule has 4 aromatic rings. The summed E-state index contributed by atoms with van der Waals surface area (Å²) in [5.74, 6) is 0.997. The van der Waals surface area contributed by atoms with E-state index < -0.39 is 10.0 Å². The standard InChI is InChI=1S/C20H17BrClN5O4S/c1-30-16-7-6-13(21)12-17(16)32(28,29)23-10-11-31-19-9-8-18-24-25-20(27(18)26-19)14-4-2-3-5-15(14)22/h2-9,12,23H,10-11H2,1H3. The Bertz CT molecular complexity index is 1380. The van der Waals surface area contributed by atoms with Gasteiger partial charge in [-0.1, -0.05) is 39.7 Å². The van der Waals surface area contributed by atoms with E-state index in [1.165, 1.54) is 17.7 Å². The van der Waals surface area contributed by atoms with Crippen molar-refractivity contribution in [3.05, 3.63) is 64.1 Å². The molecule has 0 aliphatic rings. The molecule has 0 aliphatic carbocycles. The predicted molar refractivity (Wildman–Crippen MR) is 123 cm³/mol. The minimum absolute atomic E-state index is 0.0251. The Morgan fingerprint density at radius 2 is 1.94 bits per heavy atom. The SMILES string of the molecule is COc1ccc(Br)cc1S(=O)(=O)NCCOc1ccc2nnc(-c3ccccc3Cl)n2n1. The molecule has 2 aromatic heterocycles. The van der Waals surface area contributed by atoms with E-state index >= 15 is 0 Å². The van der Waals surface area contributed by atoms with Crippen molar-refractivity contribution in [1.82, 2.24) is 24.5 Å². The van der Waals surface area contributed by atoms with Gasteiger partial charge < -0.3 is 9.47 Å². The van der Waals surface area contributed by atoms with Crippen LogP contribution in [0.1, 0.15) is 0 Å². The zero-order valence-electron chi connectivity index (χ0n) is 16.7. The number of ether oxygens (including phenoxy) is 2. The zero-order valence-corrected chi connectivity index (χ0v) is 19.9. The zero-order chi connectivity index (χ0) is 22.7. The number of aromatic nitrogens is 4. The summed E-state index contributed by atoms with van der Waals surface area (Å²) < 4.78 is 40.7. The van der Waals surface area contributed by atoms with Gasteiger partial charge in [-0.3, -0.25) is 0 Å². The third kappa shape index (κ3) is 4.70. The van der Waals surface area contributed by atoms with Gasteiger partial charge in [-0.25, -0.2) is 13.1 Å². The van der Waals surface area contributed by atoms with Crippen molar-refractivity contribution in [2.24, 2.45) is 0 Å². The Balaban J connectivity index is 1.46. The summed E-state index contributed by atoms with van der Waals surface area (Å²) in [5, 5.41) is 13.2. The molecule has 1 N–H and O–H groups in total. The third-order valence-corrected chi connectivity index (χ3v) is 6.72. The third-order valence-electron chi connectivity index (χ3n) is 4.41. The second-order valence-corrected chi connectivity index (χ2v) is 9.54. The Labute approximate surface area is 197 Å². The van der Waals surface area contributed by atoms with Gasteiger partial charge in [0, 0.05) is 22.6 Å². The van der Waals surface area contributed by atoms with Crippen molar-refractivity contribution >= 4 is 43.2 Å². The highest BCUT2D eigenvalue weighted by atomic mass is 79.9. The van der Waals surface area contributed by atoms with Crippen LogP contribution in [0.3, 0.4) is 0 Å². The van der Waals surface area contributed by atoms with Crippen LogP contribution in [-0.4, -0.2) is 48.5 Å². The molecule has 0 saturated heterocycles. The van der Waals surface area contributed by atoms with E-state index in [4.69, 9.17) is 21.1 Å². The topological polar surface area (TPSA) is 108 Å². The van der Waals surface area contributed by atoms with E-state index in [-0.39, 0.29) is 29.7 Å². The van der Waals surface area contributed by atoms with Crippen molar-refractivity contribution < 1.29 is 17.9 Å². The van der Waals surface area contributed by atoms with Crippen LogP contribution < -0.4 is 14.2 Å². The highest BCUT2D eigenvalue weighted by molar-refractivity contribution is 9.10. The highest BCUT2D eigenvalue weighted by Gasteiger charge is 2.19. The smallest absolute Gasteiger partial charge is 0.244 e. The Hall–Kier alpha value is -2.73. The molecule has 0 unspecified atom stereocenters. The fraction of sp³-hybridized carbons (Fsp3) is 0.150. The van der Waals surface area contributed by atoms with Crippen LogP contribution in [0.5, 0.6) is 11.6 Å². The van der Waals surface area contributed by atoms with Crippen molar-refractivity contribution in [1.29, 1.82) is 0 Å². The number of fused-ring (bicyclic) bond motifs is 1. The summed E-state index contributed by atoms with van der Waals surface area (Å²) in [6, 6.07) is 15.3. The summed E-state index contributed by atoms with van der Waals surface area (Å²) in [5.41, 5.74) is 1.21. The molecule has 0 fully saturated rings. The molecule has 0 amide bonds. The number of hydrogen-bond acceptors (Lipinski definition) is 7. The number of rotatable bonds is 8. The van der Waals surface area contributed by atoms with E-state index in [2.05, 4.69) is 35.9 Å². The summed E-state index contributed by atoms with van der Waals surface area (Å²) in [4.78, 5) is 0.0304. The second-order valence-electron chi connectivity index (χ2n) is 6.49. The van der Waals surface area contributed by atoms with Gasteiger partial charge in [-0.15, -0.1) is 15.3 Å². The lowest BCUT2D eigenvalue weighted by molar-refractivity contribution is 0.305. The normalized spacial score (nSPS) is 11.6. The molecule has 166 valence electrons. The van der Waals surface area contributed by atoms with Gasteiger partial charge in [0.05, 0.1) is 12.1 Å². The van der Waals surface area contributed by atoms with Crippen LogP contribution in [0.4, 0.5) is 0 Å². The van der Waals surface area contributed by atoms with Crippen molar-refractivity contribution in [3.8, 4) is 23.0 Å². The van der Waals surface area contributed by atoms with Gasteiger partial charge in [0.25, 0.3) is 0 Å². The first-order valence-corrected chi connectivity index (χ1v) is 12.0. The van der Waals surface area contributed by atoms with E-state index in [1.54, 1.807) is 30.3 Å². The fourth-order valence-corrected chi connectivity index (χ4v) is 4.87. The van der Waals surface area contributed by atoms with Crippen molar-refractivity contribution in [2.75, 3.05) is 20.3 Å². The summed E-state index contributed by atoms with van der Waals surface area (Å²) in [6.07, 6.45) is 0. The average molecular weight is 539 g/mol. The molecule has 0 aliphatic heterocycles. The van der Waals surface area contributed by atoms with Gasteiger partial charge in [-0.2, -0.15) is 4.52 Å². The summed E-state index contributed by atoms with van der Waals surface area (Å²) >= 11 is 9.54. The lowest BCUT2D eigenvalue weighted by Gasteiger charge is -2.11. The van der Waals surface area contributed by atoms with Crippen LogP contribution in [0.2, 0.25) is 5.02 Å². The van der Waals surface area contributed by atoms with Gasteiger partial charge >= 0.3 is 0 Å². The highest BCUT2D eigenvalue weighted by Crippen LogP contribution is 2.28. The number of nitrogens with zero attached hydrogens (tertiary/aromatic N) is 4. The van der Waals surface area contributed by atoms with Crippen LogP contribution in [0, 0.1) is 0 Å². The van der Waals surface area contributed by atoms with Gasteiger partial charge in [0.15, 0.2) is 11.5 Å². The van der Waals surface area contributed by atoms with E-state index in [0.717, 1.165) is 0 Å². The minimum Gasteiger partial charge on any atom is -0.495 e. The molecule has 9 nitrogen and oxygen atoms in total. The quantitative estimate of drug-likeness (QED) is 0.342. The van der Waals surface area contributed by atoms with E-state index in [1.807, 2.05) is 18.2 Å². The molecule has 32 heavy (non-hydrogen) atoms. The maximum atomic E-state index is 12.6. The average Bonchev–Trinajstić information content (AvgIpc) is 3.20. The second kappa shape index (κ2) is 9.41. The Morgan fingerprint density at radius 3 is 2.72 bits per heavy atom. The van der Waals surface area contributed by atoms with Gasteiger partial charge in [0.1, 0.15) is 17.3 Å². The molecule has 2 aromatic carbocycles. The van der Waals surface area contributed by atoms with Crippen LogP contribution >= 0.6 is 27.5 Å². The number of sulfonamides is 1. The molecule has 0 atom stereocenters.